The Balaban J connectivity index is 2.15. The predicted molar refractivity (Wildman–Crippen MR) is 80.3 cm³/mol. The van der Waals surface area contributed by atoms with Crippen molar-refractivity contribution in [1.82, 2.24) is 0 Å². The van der Waals surface area contributed by atoms with E-state index in [2.05, 4.69) is 4.74 Å². The van der Waals surface area contributed by atoms with Crippen LogP contribution < -0.4 is 4.90 Å². The molecule has 7 heteroatoms. The third-order valence-corrected chi connectivity index (χ3v) is 3.79. The van der Waals surface area contributed by atoms with Gasteiger partial charge in [0.25, 0.3) is 11.8 Å². The van der Waals surface area contributed by atoms with Gasteiger partial charge in [-0.3, -0.25) is 9.59 Å². The molecular weight excluding hydrogens is 325 g/mol. The Kier molecular flexibility index (Phi) is 3.61. The smallest absolute Gasteiger partial charge is 0.339 e. The lowest BCUT2D eigenvalue weighted by Crippen LogP contribution is -2.30. The van der Waals surface area contributed by atoms with Gasteiger partial charge in [-0.25, -0.2) is 14.1 Å². The number of esters is 1. The van der Waals surface area contributed by atoms with Crippen molar-refractivity contribution in [3.8, 4) is 0 Å². The average Bonchev–Trinajstić information content (AvgIpc) is 2.79. The molecular formula is C16H9ClFNO4. The molecule has 2 aromatic carbocycles. The Hall–Kier alpha value is -2.73. The number of methoxy groups -OCH3 is 1. The zero-order valence-electron chi connectivity index (χ0n) is 11.8. The monoisotopic (exact) mass is 333 g/mol. The van der Waals surface area contributed by atoms with E-state index in [-0.39, 0.29) is 27.4 Å². The van der Waals surface area contributed by atoms with E-state index in [1.807, 2.05) is 0 Å². The molecule has 1 aliphatic heterocycles. The number of ether oxygens (including phenoxy) is 1. The molecule has 1 heterocycles. The predicted octanol–water partition coefficient (Wildman–Crippen LogP) is 3.07. The van der Waals surface area contributed by atoms with Gasteiger partial charge in [0.15, 0.2) is 0 Å². The summed E-state index contributed by atoms with van der Waals surface area (Å²) < 4.78 is 18.8. The molecule has 0 N–H and O–H groups in total. The summed E-state index contributed by atoms with van der Waals surface area (Å²) >= 11 is 5.81. The first kappa shape index (κ1) is 15.2. The maximum atomic E-state index is 14.2. The highest BCUT2D eigenvalue weighted by Gasteiger charge is 2.38. The largest absolute Gasteiger partial charge is 0.465 e. The lowest BCUT2D eigenvalue weighted by Gasteiger charge is -2.16. The standard InChI is InChI=1S/C16H9ClFNO4/c1-23-16(22)10-6-13(12(18)7-11(10)17)19-14(20)8-4-2-3-5-9(8)15(19)21/h2-7H,1H3. The van der Waals surface area contributed by atoms with Crippen LogP contribution in [0.5, 0.6) is 0 Å². The number of carbonyl (C=O) groups is 3. The molecule has 0 bridgehead atoms. The molecule has 0 saturated heterocycles. The van der Waals surface area contributed by atoms with Crippen molar-refractivity contribution < 1.29 is 23.5 Å². The van der Waals surface area contributed by atoms with Crippen LogP contribution in [-0.2, 0) is 4.74 Å². The summed E-state index contributed by atoms with van der Waals surface area (Å²) in [5.74, 6) is -3.02. The fourth-order valence-electron chi connectivity index (χ4n) is 2.38. The fourth-order valence-corrected chi connectivity index (χ4v) is 2.61. The minimum atomic E-state index is -0.892. The van der Waals surface area contributed by atoms with Crippen molar-refractivity contribution in [2.24, 2.45) is 0 Å². The van der Waals surface area contributed by atoms with E-state index in [1.165, 1.54) is 12.1 Å². The number of rotatable bonds is 2. The Labute approximate surface area is 135 Å². The van der Waals surface area contributed by atoms with E-state index in [9.17, 15) is 18.8 Å². The molecule has 0 aliphatic carbocycles. The van der Waals surface area contributed by atoms with E-state index in [4.69, 9.17) is 11.6 Å². The summed E-state index contributed by atoms with van der Waals surface area (Å²) in [4.78, 5) is 37.1. The van der Waals surface area contributed by atoms with E-state index < -0.39 is 23.6 Å². The zero-order chi connectivity index (χ0) is 16.7. The van der Waals surface area contributed by atoms with Crippen LogP contribution in [0.4, 0.5) is 10.1 Å². The minimum Gasteiger partial charge on any atom is -0.465 e. The Morgan fingerprint density at radius 3 is 2.22 bits per heavy atom. The molecule has 0 saturated carbocycles. The van der Waals surface area contributed by atoms with E-state index in [1.54, 1.807) is 12.1 Å². The SMILES string of the molecule is COC(=O)c1cc(N2C(=O)c3ccccc3C2=O)c(F)cc1Cl. The fraction of sp³-hybridized carbons (Fsp3) is 0.0625. The number of imide groups is 1. The number of carbonyl (C=O) groups excluding carboxylic acids is 3. The third kappa shape index (κ3) is 2.27. The minimum absolute atomic E-state index is 0.137. The second-order valence-corrected chi connectivity index (χ2v) is 5.17. The van der Waals surface area contributed by atoms with Crippen molar-refractivity contribution >= 4 is 35.1 Å². The van der Waals surface area contributed by atoms with Gasteiger partial charge in [-0.15, -0.1) is 0 Å². The van der Waals surface area contributed by atoms with Gasteiger partial charge in [-0.1, -0.05) is 23.7 Å². The second-order valence-electron chi connectivity index (χ2n) is 4.77. The first-order valence-electron chi connectivity index (χ1n) is 6.51. The van der Waals surface area contributed by atoms with Gasteiger partial charge in [0.2, 0.25) is 0 Å². The maximum Gasteiger partial charge on any atom is 0.339 e. The van der Waals surface area contributed by atoms with Gasteiger partial charge in [0, 0.05) is 0 Å². The highest BCUT2D eigenvalue weighted by molar-refractivity contribution is 6.36. The van der Waals surface area contributed by atoms with Crippen LogP contribution in [0.2, 0.25) is 5.02 Å². The summed E-state index contributed by atoms with van der Waals surface area (Å²) in [6.07, 6.45) is 0. The van der Waals surface area contributed by atoms with Gasteiger partial charge in [0.1, 0.15) is 5.82 Å². The Bertz CT molecular complexity index is 830. The molecule has 0 radical (unpaired) electrons. The number of benzene rings is 2. The molecule has 1 aliphatic rings. The van der Waals surface area contributed by atoms with Crippen LogP contribution >= 0.6 is 11.6 Å². The van der Waals surface area contributed by atoms with E-state index >= 15 is 0 Å². The molecule has 5 nitrogen and oxygen atoms in total. The first-order chi connectivity index (χ1) is 11.0. The lowest BCUT2D eigenvalue weighted by atomic mass is 10.1. The average molecular weight is 334 g/mol. The number of hydrogen-bond acceptors (Lipinski definition) is 4. The summed E-state index contributed by atoms with van der Waals surface area (Å²) in [5, 5.41) is -0.172. The molecule has 3 rings (SSSR count). The van der Waals surface area contributed by atoms with E-state index in [0.717, 1.165) is 19.2 Å². The van der Waals surface area contributed by atoms with Crippen LogP contribution in [0, 0.1) is 5.82 Å². The normalized spacial score (nSPS) is 13.3. The van der Waals surface area contributed by atoms with Crippen molar-refractivity contribution in [2.45, 2.75) is 0 Å². The van der Waals surface area contributed by atoms with Crippen LogP contribution in [0.1, 0.15) is 31.1 Å². The summed E-state index contributed by atoms with van der Waals surface area (Å²) in [5.41, 5.74) is -0.138. The lowest BCUT2D eigenvalue weighted by molar-refractivity contribution is 0.0600. The van der Waals surface area contributed by atoms with Gasteiger partial charge in [-0.2, -0.15) is 0 Å². The summed E-state index contributed by atoms with van der Waals surface area (Å²) in [6.45, 7) is 0. The molecule has 116 valence electrons. The number of anilines is 1. The van der Waals surface area contributed by atoms with E-state index in [0.29, 0.717) is 4.90 Å². The molecule has 0 aromatic heterocycles. The Morgan fingerprint density at radius 1 is 1.13 bits per heavy atom. The number of fused-ring (bicyclic) bond motifs is 1. The molecule has 0 atom stereocenters. The van der Waals surface area contributed by atoms with Gasteiger partial charge < -0.3 is 4.74 Å². The summed E-state index contributed by atoms with van der Waals surface area (Å²) in [7, 11) is 1.14. The third-order valence-electron chi connectivity index (χ3n) is 3.48. The molecule has 2 amide bonds. The van der Waals surface area contributed by atoms with Crippen LogP contribution in [0.15, 0.2) is 36.4 Å². The quantitative estimate of drug-likeness (QED) is 0.626. The van der Waals surface area contributed by atoms with Crippen molar-refractivity contribution in [3.63, 3.8) is 0 Å². The summed E-state index contributed by atoms with van der Waals surface area (Å²) in [6, 6.07) is 8.06. The first-order valence-corrected chi connectivity index (χ1v) is 6.88. The van der Waals surface area contributed by atoms with Crippen LogP contribution in [0.25, 0.3) is 0 Å². The second kappa shape index (κ2) is 5.48. The maximum absolute atomic E-state index is 14.2. The number of hydrogen-bond donors (Lipinski definition) is 0. The topological polar surface area (TPSA) is 63.7 Å². The van der Waals surface area contributed by atoms with Crippen LogP contribution in [-0.4, -0.2) is 24.9 Å². The van der Waals surface area contributed by atoms with Crippen molar-refractivity contribution in [2.75, 3.05) is 12.0 Å². The number of nitrogens with zero attached hydrogens (tertiary/aromatic N) is 1. The molecule has 0 fully saturated rings. The van der Waals surface area contributed by atoms with Crippen LogP contribution in [0.3, 0.4) is 0 Å². The van der Waals surface area contributed by atoms with Crippen molar-refractivity contribution in [1.29, 1.82) is 0 Å². The molecule has 23 heavy (non-hydrogen) atoms. The van der Waals surface area contributed by atoms with Gasteiger partial charge in [0.05, 0.1) is 34.5 Å². The van der Waals surface area contributed by atoms with Crippen molar-refractivity contribution in [3.05, 3.63) is 63.9 Å². The highest BCUT2D eigenvalue weighted by atomic mass is 35.5. The Morgan fingerprint density at radius 2 is 1.70 bits per heavy atom. The molecule has 0 spiro atoms. The molecule has 0 unspecified atom stereocenters. The number of amides is 2. The number of halogens is 2. The van der Waals surface area contributed by atoms with Gasteiger partial charge >= 0.3 is 5.97 Å². The zero-order valence-corrected chi connectivity index (χ0v) is 12.6. The molecule has 2 aromatic rings. The van der Waals surface area contributed by atoms with Gasteiger partial charge in [-0.05, 0) is 24.3 Å². The highest BCUT2D eigenvalue weighted by Crippen LogP contribution is 2.33.